The molecule has 3 rings (SSSR count). The molecule has 0 fully saturated rings. The van der Waals surface area contributed by atoms with Crippen LogP contribution in [0.1, 0.15) is 10.5 Å². The van der Waals surface area contributed by atoms with Crippen LogP contribution in [0.25, 0.3) is 16.5 Å². The van der Waals surface area contributed by atoms with Crippen molar-refractivity contribution >= 4 is 16.7 Å². The van der Waals surface area contributed by atoms with Gasteiger partial charge in [0.1, 0.15) is 0 Å². The zero-order valence-corrected chi connectivity index (χ0v) is 10.4. The molecule has 0 saturated heterocycles. The van der Waals surface area contributed by atoms with Gasteiger partial charge in [-0.15, -0.1) is 0 Å². The van der Waals surface area contributed by atoms with E-state index in [9.17, 15) is 14.7 Å². The molecular formula is C15H10N2O3. The number of aromatic carboxylic acids is 1. The van der Waals surface area contributed by atoms with E-state index in [1.54, 1.807) is 48.5 Å². The van der Waals surface area contributed by atoms with Gasteiger partial charge in [0, 0.05) is 5.39 Å². The van der Waals surface area contributed by atoms with E-state index in [4.69, 9.17) is 0 Å². The van der Waals surface area contributed by atoms with Crippen LogP contribution in [0.2, 0.25) is 0 Å². The molecule has 3 aromatic rings. The summed E-state index contributed by atoms with van der Waals surface area (Å²) in [6.45, 7) is 0. The molecule has 5 nitrogen and oxygen atoms in total. The monoisotopic (exact) mass is 266 g/mol. The molecule has 0 radical (unpaired) electrons. The van der Waals surface area contributed by atoms with Crippen molar-refractivity contribution in [3.8, 4) is 5.69 Å². The second kappa shape index (κ2) is 4.62. The SMILES string of the molecule is O=C(O)c1nn(-c2ccccc2)c(=O)c2ccccc12. The minimum Gasteiger partial charge on any atom is -0.476 e. The van der Waals surface area contributed by atoms with Gasteiger partial charge >= 0.3 is 5.97 Å². The van der Waals surface area contributed by atoms with Gasteiger partial charge in [-0.2, -0.15) is 9.78 Å². The Bertz CT molecular complexity index is 854. The third kappa shape index (κ3) is 1.85. The van der Waals surface area contributed by atoms with E-state index in [1.165, 1.54) is 0 Å². The Hall–Kier alpha value is -2.95. The minimum atomic E-state index is -1.16. The first-order chi connectivity index (χ1) is 9.68. The fourth-order valence-electron chi connectivity index (χ4n) is 2.09. The third-order valence-electron chi connectivity index (χ3n) is 3.01. The summed E-state index contributed by atoms with van der Waals surface area (Å²) < 4.78 is 1.12. The van der Waals surface area contributed by atoms with Crippen LogP contribution in [0.4, 0.5) is 0 Å². The van der Waals surface area contributed by atoms with Crippen LogP contribution in [0.15, 0.2) is 59.4 Å². The lowest BCUT2D eigenvalue weighted by Crippen LogP contribution is -2.24. The maximum absolute atomic E-state index is 12.4. The van der Waals surface area contributed by atoms with E-state index < -0.39 is 5.97 Å². The molecule has 1 aromatic heterocycles. The lowest BCUT2D eigenvalue weighted by Gasteiger charge is -2.08. The number of carboxylic acid groups (broad SMARTS) is 1. The number of benzene rings is 2. The molecule has 0 bridgehead atoms. The highest BCUT2D eigenvalue weighted by atomic mass is 16.4. The quantitative estimate of drug-likeness (QED) is 0.770. The summed E-state index contributed by atoms with van der Waals surface area (Å²) in [6, 6.07) is 15.3. The Balaban J connectivity index is 2.43. The van der Waals surface area contributed by atoms with E-state index >= 15 is 0 Å². The molecule has 1 N–H and O–H groups in total. The maximum atomic E-state index is 12.4. The standard InChI is InChI=1S/C15H10N2O3/c18-14-12-9-5-4-8-11(12)13(15(19)20)16-17(14)10-6-2-1-3-7-10/h1-9H,(H,19,20). The predicted molar refractivity (Wildman–Crippen MR) is 74.3 cm³/mol. The maximum Gasteiger partial charge on any atom is 0.357 e. The average Bonchev–Trinajstić information content (AvgIpc) is 2.48. The summed E-state index contributed by atoms with van der Waals surface area (Å²) in [4.78, 5) is 23.7. The summed E-state index contributed by atoms with van der Waals surface area (Å²) >= 11 is 0. The fourth-order valence-corrected chi connectivity index (χ4v) is 2.09. The molecule has 1 heterocycles. The number of hydrogen-bond donors (Lipinski definition) is 1. The van der Waals surface area contributed by atoms with Crippen LogP contribution in [0, 0.1) is 0 Å². The van der Waals surface area contributed by atoms with Crippen molar-refractivity contribution in [3.05, 3.63) is 70.6 Å². The van der Waals surface area contributed by atoms with Gasteiger partial charge in [0.15, 0.2) is 5.69 Å². The van der Waals surface area contributed by atoms with Gasteiger partial charge in [-0.05, 0) is 18.2 Å². The molecule has 0 unspecified atom stereocenters. The van der Waals surface area contributed by atoms with Gasteiger partial charge in [0.2, 0.25) is 0 Å². The Morgan fingerprint density at radius 2 is 1.55 bits per heavy atom. The van der Waals surface area contributed by atoms with Gasteiger partial charge in [-0.3, -0.25) is 4.79 Å². The van der Waals surface area contributed by atoms with E-state index in [0.29, 0.717) is 16.5 Å². The number of aromatic nitrogens is 2. The van der Waals surface area contributed by atoms with Crippen molar-refractivity contribution in [3.63, 3.8) is 0 Å². The second-order valence-corrected chi connectivity index (χ2v) is 4.25. The normalized spacial score (nSPS) is 10.6. The molecule has 0 amide bonds. The van der Waals surface area contributed by atoms with E-state index in [0.717, 1.165) is 4.68 Å². The molecular weight excluding hydrogens is 256 g/mol. The van der Waals surface area contributed by atoms with E-state index in [1.807, 2.05) is 6.07 Å². The van der Waals surface area contributed by atoms with Crippen LogP contribution >= 0.6 is 0 Å². The first-order valence-electron chi connectivity index (χ1n) is 5.99. The zero-order valence-electron chi connectivity index (χ0n) is 10.4. The summed E-state index contributed by atoms with van der Waals surface area (Å²) in [6.07, 6.45) is 0. The highest BCUT2D eigenvalue weighted by Gasteiger charge is 2.15. The molecule has 0 aliphatic carbocycles. The number of carbonyl (C=O) groups is 1. The summed E-state index contributed by atoms with van der Waals surface area (Å²) in [7, 11) is 0. The lowest BCUT2D eigenvalue weighted by atomic mass is 10.1. The summed E-state index contributed by atoms with van der Waals surface area (Å²) in [5.41, 5.74) is 0.0617. The fraction of sp³-hybridized carbons (Fsp3) is 0. The minimum absolute atomic E-state index is 0.135. The van der Waals surface area contributed by atoms with Crippen LogP contribution in [-0.2, 0) is 0 Å². The Morgan fingerprint density at radius 3 is 2.20 bits per heavy atom. The lowest BCUT2D eigenvalue weighted by molar-refractivity contribution is 0.0691. The molecule has 0 spiro atoms. The second-order valence-electron chi connectivity index (χ2n) is 4.25. The summed E-state index contributed by atoms with van der Waals surface area (Å²) in [5, 5.41) is 13.9. The number of carboxylic acids is 1. The van der Waals surface area contributed by atoms with Gasteiger partial charge in [-0.25, -0.2) is 4.79 Å². The number of fused-ring (bicyclic) bond motifs is 1. The molecule has 2 aromatic carbocycles. The van der Waals surface area contributed by atoms with Crippen LogP contribution in [-0.4, -0.2) is 20.9 Å². The van der Waals surface area contributed by atoms with Crippen molar-refractivity contribution in [2.75, 3.05) is 0 Å². The smallest absolute Gasteiger partial charge is 0.357 e. The number of nitrogens with zero attached hydrogens (tertiary/aromatic N) is 2. The van der Waals surface area contributed by atoms with Gasteiger partial charge in [0.25, 0.3) is 5.56 Å². The number of hydrogen-bond acceptors (Lipinski definition) is 3. The van der Waals surface area contributed by atoms with Crippen molar-refractivity contribution in [1.82, 2.24) is 9.78 Å². The summed E-state index contributed by atoms with van der Waals surface area (Å²) in [5.74, 6) is -1.16. The third-order valence-corrected chi connectivity index (χ3v) is 3.01. The molecule has 0 saturated carbocycles. The average molecular weight is 266 g/mol. The number of rotatable bonds is 2. The van der Waals surface area contributed by atoms with Crippen molar-refractivity contribution in [2.45, 2.75) is 0 Å². The molecule has 98 valence electrons. The zero-order chi connectivity index (χ0) is 14.1. The van der Waals surface area contributed by atoms with Crippen molar-refractivity contribution in [2.24, 2.45) is 0 Å². The van der Waals surface area contributed by atoms with Crippen molar-refractivity contribution < 1.29 is 9.90 Å². The molecule has 0 atom stereocenters. The highest BCUT2D eigenvalue weighted by molar-refractivity contribution is 6.01. The molecule has 20 heavy (non-hydrogen) atoms. The number of para-hydroxylation sites is 1. The van der Waals surface area contributed by atoms with Crippen LogP contribution < -0.4 is 5.56 Å². The molecule has 5 heteroatoms. The van der Waals surface area contributed by atoms with E-state index in [-0.39, 0.29) is 11.3 Å². The largest absolute Gasteiger partial charge is 0.476 e. The topological polar surface area (TPSA) is 72.2 Å². The van der Waals surface area contributed by atoms with Crippen LogP contribution in [0.5, 0.6) is 0 Å². The van der Waals surface area contributed by atoms with E-state index in [2.05, 4.69) is 5.10 Å². The molecule has 0 aliphatic heterocycles. The Kier molecular flexibility index (Phi) is 2.80. The van der Waals surface area contributed by atoms with Crippen molar-refractivity contribution in [1.29, 1.82) is 0 Å². The molecule has 0 aliphatic rings. The Morgan fingerprint density at radius 1 is 0.950 bits per heavy atom. The Labute approximate surface area is 113 Å². The van der Waals surface area contributed by atoms with Gasteiger partial charge < -0.3 is 5.11 Å². The first kappa shape index (κ1) is 12.1. The van der Waals surface area contributed by atoms with Gasteiger partial charge in [-0.1, -0.05) is 36.4 Å². The predicted octanol–water partition coefficient (Wildman–Crippen LogP) is 2.08. The van der Waals surface area contributed by atoms with Crippen LogP contribution in [0.3, 0.4) is 0 Å². The first-order valence-corrected chi connectivity index (χ1v) is 5.99. The highest BCUT2D eigenvalue weighted by Crippen LogP contribution is 2.14. The van der Waals surface area contributed by atoms with Gasteiger partial charge in [0.05, 0.1) is 11.1 Å².